The number of rotatable bonds is 8. The number of aliphatic hydroxyl groups excluding tert-OH is 1. The molecule has 0 aliphatic carbocycles. The van der Waals surface area contributed by atoms with Crippen molar-refractivity contribution >= 4 is 39.1 Å². The molecule has 0 unspecified atom stereocenters. The molecule has 0 spiro atoms. The van der Waals surface area contributed by atoms with Crippen LogP contribution in [0, 0.1) is 0 Å². The zero-order chi connectivity index (χ0) is 23.7. The second-order valence-electron chi connectivity index (χ2n) is 7.85. The van der Waals surface area contributed by atoms with E-state index in [9.17, 15) is 5.11 Å². The van der Waals surface area contributed by atoms with Crippen molar-refractivity contribution < 1.29 is 19.3 Å². The summed E-state index contributed by atoms with van der Waals surface area (Å²) in [4.78, 5) is 16.1. The summed E-state index contributed by atoms with van der Waals surface area (Å²) in [6.07, 6.45) is 5.52. The lowest BCUT2D eigenvalue weighted by molar-refractivity contribution is 0.265. The van der Waals surface area contributed by atoms with Gasteiger partial charge in [-0.2, -0.15) is 4.98 Å². The first kappa shape index (κ1) is 22.2. The molecule has 2 N–H and O–H groups in total. The van der Waals surface area contributed by atoms with Gasteiger partial charge in [0.25, 0.3) is 0 Å². The van der Waals surface area contributed by atoms with E-state index in [1.54, 1.807) is 39.0 Å². The molecule has 5 rings (SSSR count). The number of nitrogens with zero attached hydrogens (tertiary/aromatic N) is 5. The highest BCUT2D eigenvalue weighted by Crippen LogP contribution is 2.39. The normalized spacial score (nSPS) is 15.6. The van der Waals surface area contributed by atoms with E-state index in [2.05, 4.69) is 15.2 Å². The van der Waals surface area contributed by atoms with E-state index in [0.29, 0.717) is 34.8 Å². The Kier molecular flexibility index (Phi) is 6.12. The number of thiophene rings is 1. The van der Waals surface area contributed by atoms with Crippen molar-refractivity contribution in [1.29, 1.82) is 0 Å². The van der Waals surface area contributed by atoms with Crippen molar-refractivity contribution in [3.63, 3.8) is 0 Å². The fourth-order valence-corrected chi connectivity index (χ4v) is 5.00. The number of anilines is 3. The Morgan fingerprint density at radius 3 is 2.65 bits per heavy atom. The van der Waals surface area contributed by atoms with Crippen molar-refractivity contribution in [2.24, 2.45) is 0 Å². The number of hydrogen-bond donors (Lipinski definition) is 2. The van der Waals surface area contributed by atoms with Crippen LogP contribution in [0.5, 0.6) is 17.2 Å². The monoisotopic (exact) mass is 482 g/mol. The van der Waals surface area contributed by atoms with Gasteiger partial charge in [0, 0.05) is 18.7 Å². The third-order valence-corrected chi connectivity index (χ3v) is 6.82. The van der Waals surface area contributed by atoms with Crippen LogP contribution in [-0.4, -0.2) is 65.1 Å². The molecular weight excluding hydrogens is 456 g/mol. The van der Waals surface area contributed by atoms with Crippen molar-refractivity contribution in [2.75, 3.05) is 44.7 Å². The molecule has 10 nitrogen and oxygen atoms in total. The molecule has 0 radical (unpaired) electrons. The zero-order valence-electron chi connectivity index (χ0n) is 19.2. The Morgan fingerprint density at radius 2 is 1.94 bits per heavy atom. The molecule has 34 heavy (non-hydrogen) atoms. The fraction of sp³-hybridized carbons (Fsp3) is 0.348. The van der Waals surface area contributed by atoms with Gasteiger partial charge in [0.05, 0.1) is 56.1 Å². The molecule has 4 aromatic rings. The number of benzene rings is 1. The molecular formula is C23H26N6O4S. The second kappa shape index (κ2) is 9.35. The Morgan fingerprint density at radius 1 is 1.15 bits per heavy atom. The Balaban J connectivity index is 1.47. The molecule has 4 heterocycles. The van der Waals surface area contributed by atoms with Crippen LogP contribution < -0.4 is 24.4 Å². The van der Waals surface area contributed by atoms with E-state index in [1.165, 1.54) is 0 Å². The molecule has 178 valence electrons. The molecule has 1 aliphatic rings. The largest absolute Gasteiger partial charge is 0.493 e. The van der Waals surface area contributed by atoms with Crippen molar-refractivity contribution in [1.82, 2.24) is 19.5 Å². The van der Waals surface area contributed by atoms with Gasteiger partial charge in [-0.3, -0.25) is 0 Å². The predicted octanol–water partition coefficient (Wildman–Crippen LogP) is 3.61. The molecule has 1 fully saturated rings. The molecule has 0 amide bonds. The summed E-state index contributed by atoms with van der Waals surface area (Å²) in [6.45, 7) is 0.920. The number of hydrogen-bond acceptors (Lipinski definition) is 10. The smallest absolute Gasteiger partial charge is 0.228 e. The van der Waals surface area contributed by atoms with E-state index in [-0.39, 0.29) is 12.6 Å². The van der Waals surface area contributed by atoms with Gasteiger partial charge in [-0.1, -0.05) is 0 Å². The first-order chi connectivity index (χ1) is 16.6. The minimum atomic E-state index is 0.0446. The average Bonchev–Trinajstić information content (AvgIpc) is 3.63. The van der Waals surface area contributed by atoms with E-state index >= 15 is 0 Å². The number of aliphatic hydroxyl groups is 1. The highest BCUT2D eigenvalue weighted by molar-refractivity contribution is 7.17. The molecule has 1 saturated heterocycles. The lowest BCUT2D eigenvalue weighted by Gasteiger charge is -2.23. The standard InChI is InChI=1S/C23H26N6O4S/c1-31-17-9-15(10-18(32-2)20(17)33-3)28-11-19(24-13-28)26-22-21-16(6-8-34-21)25-23(27-22)29-7-4-5-14(29)12-30/h6,8-11,13-14,30H,4-5,7,12H2,1-3H3,(H,25,26,27)/t14-/m1/s1. The van der Waals surface area contributed by atoms with E-state index in [0.717, 1.165) is 35.3 Å². The van der Waals surface area contributed by atoms with Gasteiger partial charge in [0.2, 0.25) is 11.7 Å². The van der Waals surface area contributed by atoms with Gasteiger partial charge in [-0.25, -0.2) is 9.97 Å². The zero-order valence-corrected chi connectivity index (χ0v) is 20.0. The third-order valence-electron chi connectivity index (χ3n) is 5.91. The van der Waals surface area contributed by atoms with Gasteiger partial charge in [0.15, 0.2) is 17.3 Å². The molecule has 0 saturated carbocycles. The molecule has 1 atom stereocenters. The summed E-state index contributed by atoms with van der Waals surface area (Å²) >= 11 is 1.57. The fourth-order valence-electron chi connectivity index (χ4n) is 4.22. The van der Waals surface area contributed by atoms with Crippen molar-refractivity contribution in [2.45, 2.75) is 18.9 Å². The summed E-state index contributed by atoms with van der Waals surface area (Å²) in [6, 6.07) is 5.74. The highest BCUT2D eigenvalue weighted by Gasteiger charge is 2.27. The Hall–Kier alpha value is -3.57. The van der Waals surface area contributed by atoms with Crippen LogP contribution in [0.1, 0.15) is 12.8 Å². The van der Waals surface area contributed by atoms with Crippen LogP contribution in [0.15, 0.2) is 36.1 Å². The van der Waals surface area contributed by atoms with Gasteiger partial charge in [-0.05, 0) is 24.3 Å². The summed E-state index contributed by atoms with van der Waals surface area (Å²) in [5.74, 6) is 3.59. The van der Waals surface area contributed by atoms with Crippen LogP contribution in [-0.2, 0) is 0 Å². The van der Waals surface area contributed by atoms with E-state index in [4.69, 9.17) is 24.2 Å². The number of nitrogens with one attached hydrogen (secondary N) is 1. The number of fused-ring (bicyclic) bond motifs is 1. The number of ether oxygens (including phenoxy) is 3. The van der Waals surface area contributed by atoms with Gasteiger partial charge < -0.3 is 34.1 Å². The maximum atomic E-state index is 9.74. The Bertz CT molecular complexity index is 1280. The van der Waals surface area contributed by atoms with Gasteiger partial charge in [-0.15, -0.1) is 11.3 Å². The first-order valence-electron chi connectivity index (χ1n) is 10.9. The third kappa shape index (κ3) is 3.97. The van der Waals surface area contributed by atoms with Crippen molar-refractivity contribution in [3.05, 3.63) is 36.1 Å². The van der Waals surface area contributed by atoms with E-state index in [1.807, 2.05) is 34.3 Å². The summed E-state index contributed by atoms with van der Waals surface area (Å²) in [5.41, 5.74) is 1.67. The minimum Gasteiger partial charge on any atom is -0.493 e. The van der Waals surface area contributed by atoms with Gasteiger partial charge >= 0.3 is 0 Å². The summed E-state index contributed by atoms with van der Waals surface area (Å²) < 4.78 is 19.2. The van der Waals surface area contributed by atoms with Crippen LogP contribution in [0.25, 0.3) is 15.9 Å². The van der Waals surface area contributed by atoms with E-state index < -0.39 is 0 Å². The number of methoxy groups -OCH3 is 3. The van der Waals surface area contributed by atoms with Crippen LogP contribution in [0.4, 0.5) is 17.6 Å². The van der Waals surface area contributed by atoms with Crippen LogP contribution >= 0.6 is 11.3 Å². The predicted molar refractivity (Wildman–Crippen MR) is 131 cm³/mol. The minimum absolute atomic E-state index is 0.0446. The number of aromatic nitrogens is 4. The summed E-state index contributed by atoms with van der Waals surface area (Å²) in [5, 5.41) is 15.1. The lowest BCUT2D eigenvalue weighted by Crippen LogP contribution is -2.33. The maximum absolute atomic E-state index is 9.74. The maximum Gasteiger partial charge on any atom is 0.228 e. The van der Waals surface area contributed by atoms with Crippen molar-refractivity contribution in [3.8, 4) is 22.9 Å². The highest BCUT2D eigenvalue weighted by atomic mass is 32.1. The SMILES string of the molecule is COc1cc(-n2cnc(Nc3nc(N4CCC[C@@H]4CO)nc4ccsc34)c2)cc(OC)c1OC. The molecule has 11 heteroatoms. The lowest BCUT2D eigenvalue weighted by atomic mass is 10.2. The molecule has 0 bridgehead atoms. The quantitative estimate of drug-likeness (QED) is 0.389. The van der Waals surface area contributed by atoms with Crippen LogP contribution in [0.2, 0.25) is 0 Å². The second-order valence-corrected chi connectivity index (χ2v) is 8.77. The van der Waals surface area contributed by atoms with Gasteiger partial charge in [0.1, 0.15) is 12.1 Å². The van der Waals surface area contributed by atoms with Crippen LogP contribution in [0.3, 0.4) is 0 Å². The molecule has 1 aromatic carbocycles. The summed E-state index contributed by atoms with van der Waals surface area (Å²) in [7, 11) is 4.75. The topological polar surface area (TPSA) is 107 Å². The average molecular weight is 483 g/mol. The molecule has 1 aliphatic heterocycles. The Labute approximate surface area is 200 Å². The molecule has 3 aromatic heterocycles. The number of imidazole rings is 1. The first-order valence-corrected chi connectivity index (χ1v) is 11.8.